The Morgan fingerprint density at radius 2 is 1.89 bits per heavy atom. The summed E-state index contributed by atoms with van der Waals surface area (Å²) >= 11 is 11.8. The Balaban J connectivity index is 2.23. The van der Waals surface area contributed by atoms with E-state index in [0.717, 1.165) is 5.56 Å². The summed E-state index contributed by atoms with van der Waals surface area (Å²) in [5.74, 6) is -0.268. The second-order valence-electron chi connectivity index (χ2n) is 4.15. The molecule has 0 saturated heterocycles. The Labute approximate surface area is 121 Å². The van der Waals surface area contributed by atoms with Crippen LogP contribution < -0.4 is 11.1 Å². The Bertz CT molecular complexity index is 641. The zero-order valence-corrected chi connectivity index (χ0v) is 11.7. The van der Waals surface area contributed by atoms with Crippen molar-refractivity contribution in [3.8, 4) is 0 Å². The van der Waals surface area contributed by atoms with Crippen LogP contribution >= 0.6 is 23.2 Å². The number of carbonyl (C=O) groups excluding carboxylic acids is 1. The van der Waals surface area contributed by atoms with E-state index in [4.69, 9.17) is 28.9 Å². The maximum absolute atomic E-state index is 12.1. The van der Waals surface area contributed by atoms with Gasteiger partial charge in [0.15, 0.2) is 0 Å². The molecule has 2 rings (SSSR count). The van der Waals surface area contributed by atoms with Crippen molar-refractivity contribution in [3.05, 3.63) is 57.6 Å². The fraction of sp³-hybridized carbons (Fsp3) is 0.0714. The fourth-order valence-electron chi connectivity index (χ4n) is 1.57. The lowest BCUT2D eigenvalue weighted by atomic mass is 10.1. The first-order chi connectivity index (χ1) is 8.97. The highest BCUT2D eigenvalue weighted by atomic mass is 35.5. The number of benzene rings is 2. The van der Waals surface area contributed by atoms with E-state index in [-0.39, 0.29) is 5.91 Å². The van der Waals surface area contributed by atoms with Crippen LogP contribution in [0.2, 0.25) is 10.0 Å². The second kappa shape index (κ2) is 5.51. The first kappa shape index (κ1) is 13.7. The molecule has 0 aliphatic carbocycles. The number of nitrogens with two attached hydrogens (primary N) is 1. The van der Waals surface area contributed by atoms with Crippen molar-refractivity contribution < 1.29 is 4.79 Å². The molecule has 0 aliphatic heterocycles. The maximum Gasteiger partial charge on any atom is 0.255 e. The van der Waals surface area contributed by atoms with Crippen molar-refractivity contribution in [3.63, 3.8) is 0 Å². The molecule has 0 radical (unpaired) electrons. The van der Waals surface area contributed by atoms with Crippen LogP contribution in [0.15, 0.2) is 36.4 Å². The van der Waals surface area contributed by atoms with E-state index in [0.29, 0.717) is 27.0 Å². The number of halogens is 2. The van der Waals surface area contributed by atoms with Crippen molar-refractivity contribution in [2.45, 2.75) is 6.92 Å². The summed E-state index contributed by atoms with van der Waals surface area (Å²) in [4.78, 5) is 12.1. The van der Waals surface area contributed by atoms with E-state index in [1.165, 1.54) is 0 Å². The van der Waals surface area contributed by atoms with Gasteiger partial charge in [0.25, 0.3) is 5.91 Å². The highest BCUT2D eigenvalue weighted by molar-refractivity contribution is 6.36. The summed E-state index contributed by atoms with van der Waals surface area (Å²) in [5.41, 5.74) is 8.28. The topological polar surface area (TPSA) is 55.1 Å². The minimum Gasteiger partial charge on any atom is -0.398 e. The smallest absolute Gasteiger partial charge is 0.255 e. The SMILES string of the molecule is Cc1ccc(C(=O)Nc2ccc(Cl)cc2Cl)cc1N. The van der Waals surface area contributed by atoms with Crippen LogP contribution in [0.3, 0.4) is 0 Å². The summed E-state index contributed by atoms with van der Waals surface area (Å²) in [5, 5.41) is 3.62. The van der Waals surface area contributed by atoms with Gasteiger partial charge in [0.1, 0.15) is 0 Å². The zero-order valence-electron chi connectivity index (χ0n) is 10.2. The van der Waals surface area contributed by atoms with Crippen LogP contribution in [0.4, 0.5) is 11.4 Å². The molecule has 3 nitrogen and oxygen atoms in total. The van der Waals surface area contributed by atoms with E-state index in [2.05, 4.69) is 5.32 Å². The van der Waals surface area contributed by atoms with E-state index in [9.17, 15) is 4.79 Å². The number of nitrogens with one attached hydrogen (secondary N) is 1. The molecule has 0 atom stereocenters. The number of hydrogen-bond donors (Lipinski definition) is 2. The number of anilines is 2. The van der Waals surface area contributed by atoms with Crippen LogP contribution in [-0.2, 0) is 0 Å². The first-order valence-electron chi connectivity index (χ1n) is 5.60. The summed E-state index contributed by atoms with van der Waals surface area (Å²) in [6.45, 7) is 1.88. The maximum atomic E-state index is 12.1. The van der Waals surface area contributed by atoms with Gasteiger partial charge < -0.3 is 11.1 Å². The molecule has 0 spiro atoms. The summed E-state index contributed by atoms with van der Waals surface area (Å²) < 4.78 is 0. The zero-order chi connectivity index (χ0) is 14.0. The molecule has 1 amide bonds. The molecule has 5 heteroatoms. The molecule has 0 fully saturated rings. The van der Waals surface area contributed by atoms with Gasteiger partial charge in [-0.15, -0.1) is 0 Å². The third-order valence-corrected chi connectivity index (χ3v) is 3.27. The van der Waals surface area contributed by atoms with Crippen LogP contribution in [0, 0.1) is 6.92 Å². The van der Waals surface area contributed by atoms with Gasteiger partial charge in [0.2, 0.25) is 0 Å². The van der Waals surface area contributed by atoms with Gasteiger partial charge in [-0.1, -0.05) is 29.3 Å². The van der Waals surface area contributed by atoms with Gasteiger partial charge in [0.05, 0.1) is 10.7 Å². The number of nitrogen functional groups attached to an aromatic ring is 1. The van der Waals surface area contributed by atoms with Crippen molar-refractivity contribution in [1.29, 1.82) is 0 Å². The van der Waals surface area contributed by atoms with Crippen LogP contribution in [0.1, 0.15) is 15.9 Å². The van der Waals surface area contributed by atoms with Crippen molar-refractivity contribution in [2.24, 2.45) is 0 Å². The second-order valence-corrected chi connectivity index (χ2v) is 4.99. The van der Waals surface area contributed by atoms with Crippen molar-refractivity contribution in [1.82, 2.24) is 0 Å². The third-order valence-electron chi connectivity index (χ3n) is 2.72. The molecule has 0 aromatic heterocycles. The summed E-state index contributed by atoms with van der Waals surface area (Å²) in [6.07, 6.45) is 0. The Morgan fingerprint density at radius 3 is 2.53 bits per heavy atom. The van der Waals surface area contributed by atoms with Gasteiger partial charge in [-0.3, -0.25) is 4.79 Å². The normalized spacial score (nSPS) is 10.3. The van der Waals surface area contributed by atoms with Crippen LogP contribution in [-0.4, -0.2) is 5.91 Å². The number of amides is 1. The van der Waals surface area contributed by atoms with Crippen molar-refractivity contribution >= 4 is 40.5 Å². The average Bonchev–Trinajstić information content (AvgIpc) is 2.36. The molecule has 98 valence electrons. The highest BCUT2D eigenvalue weighted by Gasteiger charge is 2.09. The summed E-state index contributed by atoms with van der Waals surface area (Å²) in [7, 11) is 0. The molecule has 0 saturated carbocycles. The summed E-state index contributed by atoms with van der Waals surface area (Å²) in [6, 6.07) is 10.0. The molecule has 0 bridgehead atoms. The van der Waals surface area contributed by atoms with E-state index in [1.54, 1.807) is 36.4 Å². The first-order valence-corrected chi connectivity index (χ1v) is 6.35. The average molecular weight is 295 g/mol. The van der Waals surface area contributed by atoms with Crippen LogP contribution in [0.5, 0.6) is 0 Å². The number of rotatable bonds is 2. The lowest BCUT2D eigenvalue weighted by molar-refractivity contribution is 0.102. The number of aryl methyl sites for hydroxylation is 1. The molecular formula is C14H12Cl2N2O. The molecular weight excluding hydrogens is 283 g/mol. The van der Waals surface area contributed by atoms with E-state index >= 15 is 0 Å². The van der Waals surface area contributed by atoms with Gasteiger partial charge in [-0.2, -0.15) is 0 Å². The Kier molecular flexibility index (Phi) is 3.98. The Morgan fingerprint density at radius 1 is 1.16 bits per heavy atom. The molecule has 2 aromatic rings. The lowest BCUT2D eigenvalue weighted by Crippen LogP contribution is -2.12. The number of carbonyl (C=O) groups is 1. The molecule has 3 N–H and O–H groups in total. The highest BCUT2D eigenvalue weighted by Crippen LogP contribution is 2.26. The molecule has 0 heterocycles. The van der Waals surface area contributed by atoms with Crippen molar-refractivity contribution in [2.75, 3.05) is 11.1 Å². The molecule has 19 heavy (non-hydrogen) atoms. The third kappa shape index (κ3) is 3.19. The molecule has 0 unspecified atom stereocenters. The minimum absolute atomic E-state index is 0.268. The van der Waals surface area contributed by atoms with Gasteiger partial charge in [-0.25, -0.2) is 0 Å². The minimum atomic E-state index is -0.268. The molecule has 2 aromatic carbocycles. The van der Waals surface area contributed by atoms with Gasteiger partial charge in [-0.05, 0) is 42.8 Å². The lowest BCUT2D eigenvalue weighted by Gasteiger charge is -2.08. The van der Waals surface area contributed by atoms with Gasteiger partial charge >= 0.3 is 0 Å². The largest absolute Gasteiger partial charge is 0.398 e. The standard InChI is InChI=1S/C14H12Cl2N2O/c1-8-2-3-9(6-12(8)17)14(19)18-13-5-4-10(15)7-11(13)16/h2-7H,17H2,1H3,(H,18,19). The quantitative estimate of drug-likeness (QED) is 0.818. The predicted octanol–water partition coefficient (Wildman–Crippen LogP) is 4.14. The van der Waals surface area contributed by atoms with E-state index in [1.807, 2.05) is 6.92 Å². The van der Waals surface area contributed by atoms with Gasteiger partial charge in [0, 0.05) is 16.3 Å². The monoisotopic (exact) mass is 294 g/mol. The predicted molar refractivity (Wildman–Crippen MR) is 80.0 cm³/mol. The van der Waals surface area contributed by atoms with Crippen LogP contribution in [0.25, 0.3) is 0 Å². The fourth-order valence-corrected chi connectivity index (χ4v) is 2.02. The molecule has 0 aliphatic rings. The Hall–Kier alpha value is -1.71. The number of hydrogen-bond acceptors (Lipinski definition) is 2. The van der Waals surface area contributed by atoms with E-state index < -0.39 is 0 Å².